The first-order valence-corrected chi connectivity index (χ1v) is 8.54. The van der Waals surface area contributed by atoms with Crippen molar-refractivity contribution in [1.82, 2.24) is 14.5 Å². The second-order valence-corrected chi connectivity index (χ2v) is 6.53. The van der Waals surface area contributed by atoms with Gasteiger partial charge in [-0.25, -0.2) is 9.78 Å². The molecule has 0 spiro atoms. The average molecular weight is 366 g/mol. The summed E-state index contributed by atoms with van der Waals surface area (Å²) < 4.78 is 41.2. The molecule has 8 heteroatoms. The normalized spacial score (nSPS) is 15.9. The number of urea groups is 1. The highest BCUT2D eigenvalue weighted by atomic mass is 19.4. The molecule has 2 heterocycles. The van der Waals surface area contributed by atoms with Crippen molar-refractivity contribution < 1.29 is 18.0 Å². The van der Waals surface area contributed by atoms with Gasteiger partial charge in [-0.1, -0.05) is 12.1 Å². The standard InChI is InChI=1S/C18H21F3N4O/c1-13-22-8-11-25(13)12-14-6-9-24(10-7-14)17(26)23-16-5-3-2-4-15(16)18(19,20)21/h2-5,8,11,14H,6-7,9-10,12H2,1H3,(H,23,26). The van der Waals surface area contributed by atoms with E-state index in [4.69, 9.17) is 0 Å². The number of anilines is 1. The third-order valence-electron chi connectivity index (χ3n) is 4.75. The van der Waals surface area contributed by atoms with Crippen LogP contribution in [0.25, 0.3) is 0 Å². The number of alkyl halides is 3. The van der Waals surface area contributed by atoms with E-state index < -0.39 is 17.8 Å². The number of aryl methyl sites for hydroxylation is 1. The van der Waals surface area contributed by atoms with Gasteiger partial charge in [-0.05, 0) is 37.8 Å². The third kappa shape index (κ3) is 4.17. The smallest absolute Gasteiger partial charge is 0.335 e. The highest BCUT2D eigenvalue weighted by Crippen LogP contribution is 2.34. The minimum atomic E-state index is -4.50. The maximum absolute atomic E-state index is 13.0. The number of hydrogen-bond donors (Lipinski definition) is 1. The van der Waals surface area contributed by atoms with Crippen LogP contribution in [0.3, 0.4) is 0 Å². The van der Waals surface area contributed by atoms with Crippen molar-refractivity contribution in [3.63, 3.8) is 0 Å². The summed E-state index contributed by atoms with van der Waals surface area (Å²) in [6.07, 6.45) is 0.815. The van der Waals surface area contributed by atoms with Crippen LogP contribution in [-0.2, 0) is 12.7 Å². The van der Waals surface area contributed by atoms with Crippen molar-refractivity contribution in [3.8, 4) is 0 Å². The highest BCUT2D eigenvalue weighted by molar-refractivity contribution is 5.90. The number of aromatic nitrogens is 2. The van der Waals surface area contributed by atoms with E-state index in [1.54, 1.807) is 11.1 Å². The largest absolute Gasteiger partial charge is 0.418 e. The molecule has 0 aliphatic carbocycles. The molecule has 5 nitrogen and oxygen atoms in total. The summed E-state index contributed by atoms with van der Waals surface area (Å²) >= 11 is 0. The number of carbonyl (C=O) groups excluding carboxylic acids is 1. The molecule has 1 aliphatic rings. The van der Waals surface area contributed by atoms with Crippen molar-refractivity contribution in [1.29, 1.82) is 0 Å². The van der Waals surface area contributed by atoms with Gasteiger partial charge in [0.1, 0.15) is 5.82 Å². The van der Waals surface area contributed by atoms with E-state index in [0.29, 0.717) is 19.0 Å². The van der Waals surface area contributed by atoms with Gasteiger partial charge in [0.15, 0.2) is 0 Å². The SMILES string of the molecule is Cc1nccn1CC1CCN(C(=O)Nc2ccccc2C(F)(F)F)CC1. The summed E-state index contributed by atoms with van der Waals surface area (Å²) in [4.78, 5) is 18.1. The molecule has 2 aromatic rings. The summed E-state index contributed by atoms with van der Waals surface area (Å²) in [7, 11) is 0. The van der Waals surface area contributed by atoms with E-state index in [0.717, 1.165) is 31.3 Å². The third-order valence-corrected chi connectivity index (χ3v) is 4.75. The molecule has 1 aromatic heterocycles. The van der Waals surface area contributed by atoms with E-state index in [2.05, 4.69) is 14.9 Å². The molecule has 1 fully saturated rings. The van der Waals surface area contributed by atoms with Crippen molar-refractivity contribution >= 4 is 11.7 Å². The molecule has 1 aromatic carbocycles. The molecule has 140 valence electrons. The van der Waals surface area contributed by atoms with E-state index in [1.165, 1.54) is 18.2 Å². The number of carbonyl (C=O) groups is 1. The summed E-state index contributed by atoms with van der Waals surface area (Å²) in [5, 5.41) is 2.41. The van der Waals surface area contributed by atoms with Crippen molar-refractivity contribution in [2.75, 3.05) is 18.4 Å². The Hall–Kier alpha value is -2.51. The van der Waals surface area contributed by atoms with Gasteiger partial charge in [-0.2, -0.15) is 13.2 Å². The van der Waals surface area contributed by atoms with Gasteiger partial charge in [0, 0.05) is 32.0 Å². The zero-order valence-electron chi connectivity index (χ0n) is 14.5. The zero-order chi connectivity index (χ0) is 18.7. The Morgan fingerprint density at radius 3 is 2.58 bits per heavy atom. The van der Waals surface area contributed by atoms with Crippen LogP contribution < -0.4 is 5.32 Å². The van der Waals surface area contributed by atoms with Crippen LogP contribution >= 0.6 is 0 Å². The Kier molecular flexibility index (Phi) is 5.20. The molecule has 0 radical (unpaired) electrons. The quantitative estimate of drug-likeness (QED) is 0.887. The summed E-state index contributed by atoms with van der Waals surface area (Å²) in [6.45, 7) is 3.84. The summed E-state index contributed by atoms with van der Waals surface area (Å²) in [6, 6.07) is 4.54. The van der Waals surface area contributed by atoms with Crippen LogP contribution in [0.15, 0.2) is 36.7 Å². The Labute approximate surface area is 149 Å². The lowest BCUT2D eigenvalue weighted by Crippen LogP contribution is -2.42. The van der Waals surface area contributed by atoms with Crippen molar-refractivity contribution in [2.45, 2.75) is 32.5 Å². The number of imidazole rings is 1. The van der Waals surface area contributed by atoms with Gasteiger partial charge in [0.2, 0.25) is 0 Å². The molecule has 1 aliphatic heterocycles. The van der Waals surface area contributed by atoms with Crippen LogP contribution in [0.4, 0.5) is 23.7 Å². The topological polar surface area (TPSA) is 50.2 Å². The lowest BCUT2D eigenvalue weighted by Gasteiger charge is -2.32. The lowest BCUT2D eigenvalue weighted by atomic mass is 9.97. The molecule has 1 N–H and O–H groups in total. The van der Waals surface area contributed by atoms with Crippen LogP contribution in [0, 0.1) is 12.8 Å². The number of para-hydroxylation sites is 1. The molecule has 3 rings (SSSR count). The minimum absolute atomic E-state index is 0.207. The molecular weight excluding hydrogens is 345 g/mol. The molecule has 0 atom stereocenters. The van der Waals surface area contributed by atoms with E-state index in [1.807, 2.05) is 13.1 Å². The number of piperidine rings is 1. The molecule has 0 unspecified atom stereocenters. The number of hydrogen-bond acceptors (Lipinski definition) is 2. The number of amides is 2. The maximum atomic E-state index is 13.0. The molecule has 26 heavy (non-hydrogen) atoms. The average Bonchev–Trinajstić information content (AvgIpc) is 3.00. The van der Waals surface area contributed by atoms with Crippen molar-refractivity contribution in [3.05, 3.63) is 48.0 Å². The lowest BCUT2D eigenvalue weighted by molar-refractivity contribution is -0.136. The van der Waals surface area contributed by atoms with E-state index in [-0.39, 0.29) is 5.69 Å². The number of halogens is 3. The van der Waals surface area contributed by atoms with Crippen LogP contribution in [0.5, 0.6) is 0 Å². The fourth-order valence-electron chi connectivity index (χ4n) is 3.23. The number of nitrogens with zero attached hydrogens (tertiary/aromatic N) is 3. The number of benzene rings is 1. The Balaban J connectivity index is 1.57. The van der Waals surface area contributed by atoms with Gasteiger partial charge in [0.05, 0.1) is 11.3 Å². The molecule has 1 saturated heterocycles. The first kappa shape index (κ1) is 18.3. The number of likely N-dealkylation sites (tertiary alicyclic amines) is 1. The molecule has 0 bridgehead atoms. The Morgan fingerprint density at radius 2 is 1.96 bits per heavy atom. The maximum Gasteiger partial charge on any atom is 0.418 e. The molecule has 2 amide bonds. The zero-order valence-corrected chi connectivity index (χ0v) is 14.5. The van der Waals surface area contributed by atoms with Crippen LogP contribution in [0.1, 0.15) is 24.2 Å². The van der Waals surface area contributed by atoms with Crippen LogP contribution in [-0.4, -0.2) is 33.6 Å². The summed E-state index contributed by atoms with van der Waals surface area (Å²) in [5.74, 6) is 1.38. The van der Waals surface area contributed by atoms with Gasteiger partial charge in [-0.3, -0.25) is 0 Å². The number of rotatable bonds is 3. The second-order valence-electron chi connectivity index (χ2n) is 6.53. The minimum Gasteiger partial charge on any atom is -0.335 e. The number of nitrogens with one attached hydrogen (secondary N) is 1. The Bertz CT molecular complexity index is 764. The van der Waals surface area contributed by atoms with E-state index in [9.17, 15) is 18.0 Å². The monoisotopic (exact) mass is 366 g/mol. The first-order valence-electron chi connectivity index (χ1n) is 8.54. The van der Waals surface area contributed by atoms with Crippen molar-refractivity contribution in [2.24, 2.45) is 5.92 Å². The molecular formula is C18H21F3N4O. The van der Waals surface area contributed by atoms with Gasteiger partial charge in [-0.15, -0.1) is 0 Å². The van der Waals surface area contributed by atoms with Crippen LogP contribution in [0.2, 0.25) is 0 Å². The van der Waals surface area contributed by atoms with Gasteiger partial charge in [0.25, 0.3) is 0 Å². The first-order chi connectivity index (χ1) is 12.3. The predicted octanol–water partition coefficient (Wildman–Crippen LogP) is 4.15. The van der Waals surface area contributed by atoms with E-state index >= 15 is 0 Å². The summed E-state index contributed by atoms with van der Waals surface area (Å²) in [5.41, 5.74) is -1.04. The molecule has 0 saturated carbocycles. The fourth-order valence-corrected chi connectivity index (χ4v) is 3.23. The second kappa shape index (κ2) is 7.39. The fraction of sp³-hybridized carbons (Fsp3) is 0.444. The predicted molar refractivity (Wildman–Crippen MR) is 91.7 cm³/mol. The van der Waals surface area contributed by atoms with Gasteiger partial charge >= 0.3 is 12.2 Å². The Morgan fingerprint density at radius 1 is 1.27 bits per heavy atom. The van der Waals surface area contributed by atoms with Gasteiger partial charge < -0.3 is 14.8 Å². The highest BCUT2D eigenvalue weighted by Gasteiger charge is 2.34.